The minimum Gasteiger partial charge on any atom is -0.397 e. The first-order valence-corrected chi connectivity index (χ1v) is 7.32. The van der Waals surface area contributed by atoms with Gasteiger partial charge in [-0.2, -0.15) is 0 Å². The Hall–Kier alpha value is -1.72. The van der Waals surface area contributed by atoms with E-state index >= 15 is 0 Å². The predicted octanol–water partition coefficient (Wildman–Crippen LogP) is 3.36. The molecule has 0 aliphatic carbocycles. The lowest BCUT2D eigenvalue weighted by molar-refractivity contribution is -0.113. The van der Waals surface area contributed by atoms with Crippen LogP contribution in [0.4, 0.5) is 11.4 Å². The second-order valence-corrected chi connectivity index (χ2v) is 5.62. The Morgan fingerprint density at radius 2 is 2.20 bits per heavy atom. The normalized spacial score (nSPS) is 10.3. The van der Waals surface area contributed by atoms with Crippen LogP contribution in [0.1, 0.15) is 5.56 Å². The molecule has 104 valence electrons. The Kier molecular flexibility index (Phi) is 4.87. The maximum Gasteiger partial charge on any atom is 0.234 e. The summed E-state index contributed by atoms with van der Waals surface area (Å²) in [6, 6.07) is 9.04. The molecule has 2 rings (SSSR count). The molecule has 0 saturated carbocycles. The van der Waals surface area contributed by atoms with Crippen molar-refractivity contribution in [1.82, 2.24) is 4.98 Å². The summed E-state index contributed by atoms with van der Waals surface area (Å²) in [6.07, 6.45) is 1.56. The number of aromatic nitrogens is 1. The molecule has 0 atom stereocenters. The number of nitrogen functional groups attached to an aromatic ring is 1. The van der Waals surface area contributed by atoms with E-state index < -0.39 is 0 Å². The van der Waals surface area contributed by atoms with Gasteiger partial charge in [0.1, 0.15) is 0 Å². The zero-order valence-corrected chi connectivity index (χ0v) is 12.5. The smallest absolute Gasteiger partial charge is 0.234 e. The highest BCUT2D eigenvalue weighted by atomic mass is 35.5. The summed E-state index contributed by atoms with van der Waals surface area (Å²) in [5.41, 5.74) is 8.01. The number of anilines is 2. The molecule has 1 aromatic heterocycles. The zero-order valence-electron chi connectivity index (χ0n) is 10.9. The zero-order chi connectivity index (χ0) is 14.5. The summed E-state index contributed by atoms with van der Waals surface area (Å²) < 4.78 is 0. The van der Waals surface area contributed by atoms with E-state index in [9.17, 15) is 4.79 Å². The number of hydrogen-bond acceptors (Lipinski definition) is 4. The molecule has 0 saturated heterocycles. The van der Waals surface area contributed by atoms with Crippen molar-refractivity contribution in [1.29, 1.82) is 0 Å². The summed E-state index contributed by atoms with van der Waals surface area (Å²) in [4.78, 5) is 16.0. The van der Waals surface area contributed by atoms with Gasteiger partial charge in [0.05, 0.1) is 27.2 Å². The second kappa shape index (κ2) is 6.63. The van der Waals surface area contributed by atoms with Crippen molar-refractivity contribution in [3.63, 3.8) is 0 Å². The van der Waals surface area contributed by atoms with Gasteiger partial charge < -0.3 is 11.1 Å². The topological polar surface area (TPSA) is 68.0 Å². The lowest BCUT2D eigenvalue weighted by Crippen LogP contribution is -2.16. The molecular formula is C14H14ClN3OS. The van der Waals surface area contributed by atoms with Crippen molar-refractivity contribution < 1.29 is 4.79 Å². The number of halogens is 1. The Morgan fingerprint density at radius 3 is 2.85 bits per heavy atom. The van der Waals surface area contributed by atoms with Gasteiger partial charge in [-0.15, -0.1) is 0 Å². The van der Waals surface area contributed by atoms with E-state index in [0.717, 1.165) is 10.6 Å². The van der Waals surface area contributed by atoms with Gasteiger partial charge in [0.25, 0.3) is 0 Å². The van der Waals surface area contributed by atoms with Gasteiger partial charge in [-0.3, -0.25) is 4.79 Å². The highest BCUT2D eigenvalue weighted by molar-refractivity contribution is 7.99. The van der Waals surface area contributed by atoms with Crippen molar-refractivity contribution in [2.24, 2.45) is 0 Å². The van der Waals surface area contributed by atoms with E-state index in [-0.39, 0.29) is 11.7 Å². The molecule has 6 heteroatoms. The molecule has 3 N–H and O–H groups in total. The first-order chi connectivity index (χ1) is 9.56. The van der Waals surface area contributed by atoms with Crippen LogP contribution in [0.25, 0.3) is 0 Å². The van der Waals surface area contributed by atoms with E-state index in [1.54, 1.807) is 24.4 Å². The van der Waals surface area contributed by atoms with E-state index in [2.05, 4.69) is 10.3 Å². The van der Waals surface area contributed by atoms with Crippen molar-refractivity contribution in [2.45, 2.75) is 11.9 Å². The molecule has 1 amide bonds. The van der Waals surface area contributed by atoms with Crippen LogP contribution < -0.4 is 11.1 Å². The summed E-state index contributed by atoms with van der Waals surface area (Å²) in [5, 5.41) is 4.15. The minimum absolute atomic E-state index is 0.118. The number of benzene rings is 1. The molecule has 0 spiro atoms. The van der Waals surface area contributed by atoms with Crippen LogP contribution in [0, 0.1) is 6.92 Å². The molecule has 0 aliphatic rings. The molecule has 0 aliphatic heterocycles. The highest BCUT2D eigenvalue weighted by Crippen LogP contribution is 2.23. The Bertz CT molecular complexity index is 596. The molecule has 20 heavy (non-hydrogen) atoms. The lowest BCUT2D eigenvalue weighted by Gasteiger charge is -2.10. The van der Waals surface area contributed by atoms with Crippen LogP contribution in [0.3, 0.4) is 0 Å². The summed E-state index contributed by atoms with van der Waals surface area (Å²) in [6.45, 7) is 1.90. The fraction of sp³-hybridized carbons (Fsp3) is 0.143. The van der Waals surface area contributed by atoms with E-state index in [0.29, 0.717) is 16.4 Å². The fourth-order valence-corrected chi connectivity index (χ4v) is 2.38. The third-order valence-corrected chi connectivity index (χ3v) is 3.79. The van der Waals surface area contributed by atoms with Crippen LogP contribution in [-0.4, -0.2) is 16.6 Å². The number of amides is 1. The van der Waals surface area contributed by atoms with E-state index in [4.69, 9.17) is 17.3 Å². The Labute approximate surface area is 126 Å². The number of pyridine rings is 1. The quantitative estimate of drug-likeness (QED) is 0.671. The SMILES string of the molecule is Cc1cccc(N)c1NC(=O)CSc1ccc(Cl)cn1. The average Bonchev–Trinajstić information content (AvgIpc) is 2.42. The number of carbonyl (C=O) groups excluding carboxylic acids is 1. The molecule has 0 radical (unpaired) electrons. The van der Waals surface area contributed by atoms with Crippen molar-refractivity contribution in [2.75, 3.05) is 16.8 Å². The third-order valence-electron chi connectivity index (χ3n) is 2.62. The predicted molar refractivity (Wildman–Crippen MR) is 84.2 cm³/mol. The number of nitrogens with one attached hydrogen (secondary N) is 1. The minimum atomic E-state index is -0.118. The number of nitrogens with zero attached hydrogens (tertiary/aromatic N) is 1. The second-order valence-electron chi connectivity index (χ2n) is 4.19. The molecule has 1 heterocycles. The van der Waals surface area contributed by atoms with Crippen molar-refractivity contribution >= 4 is 40.6 Å². The fourth-order valence-electron chi connectivity index (χ4n) is 1.62. The third kappa shape index (κ3) is 3.88. The van der Waals surface area contributed by atoms with Gasteiger partial charge in [-0.05, 0) is 30.7 Å². The average molecular weight is 308 g/mol. The number of para-hydroxylation sites is 1. The van der Waals surface area contributed by atoms with Gasteiger partial charge in [0.15, 0.2) is 0 Å². The number of carbonyl (C=O) groups is 1. The van der Waals surface area contributed by atoms with Crippen molar-refractivity contribution in [3.8, 4) is 0 Å². The molecule has 1 aromatic carbocycles. The van der Waals surface area contributed by atoms with Gasteiger partial charge in [-0.25, -0.2) is 4.98 Å². The number of hydrogen-bond donors (Lipinski definition) is 2. The summed E-state index contributed by atoms with van der Waals surface area (Å²) in [7, 11) is 0. The number of aryl methyl sites for hydroxylation is 1. The molecular weight excluding hydrogens is 294 g/mol. The highest BCUT2D eigenvalue weighted by Gasteiger charge is 2.08. The van der Waals surface area contributed by atoms with Crippen LogP contribution in [0.5, 0.6) is 0 Å². The van der Waals surface area contributed by atoms with Crippen LogP contribution >= 0.6 is 23.4 Å². The number of rotatable bonds is 4. The lowest BCUT2D eigenvalue weighted by atomic mass is 10.1. The maximum absolute atomic E-state index is 11.9. The Balaban J connectivity index is 1.94. The monoisotopic (exact) mass is 307 g/mol. The van der Waals surface area contributed by atoms with Gasteiger partial charge >= 0.3 is 0 Å². The Morgan fingerprint density at radius 1 is 1.40 bits per heavy atom. The molecule has 0 bridgehead atoms. The largest absolute Gasteiger partial charge is 0.397 e. The van der Waals surface area contributed by atoms with Crippen LogP contribution in [0.2, 0.25) is 5.02 Å². The molecule has 0 unspecified atom stereocenters. The molecule has 4 nitrogen and oxygen atoms in total. The van der Waals surface area contributed by atoms with Crippen molar-refractivity contribution in [3.05, 3.63) is 47.1 Å². The van der Waals surface area contributed by atoms with E-state index in [1.807, 2.05) is 19.1 Å². The van der Waals surface area contributed by atoms with E-state index in [1.165, 1.54) is 11.8 Å². The first-order valence-electron chi connectivity index (χ1n) is 5.95. The first kappa shape index (κ1) is 14.7. The van der Waals surface area contributed by atoms with Crippen LogP contribution in [-0.2, 0) is 4.79 Å². The van der Waals surface area contributed by atoms with Gasteiger partial charge in [0.2, 0.25) is 5.91 Å². The van der Waals surface area contributed by atoms with Gasteiger partial charge in [0, 0.05) is 6.20 Å². The standard InChI is InChI=1S/C14H14ClN3OS/c1-9-3-2-4-11(16)14(9)18-12(19)8-20-13-6-5-10(15)7-17-13/h2-7H,8,16H2,1H3,(H,18,19). The summed E-state index contributed by atoms with van der Waals surface area (Å²) in [5.74, 6) is 0.148. The number of thioether (sulfide) groups is 1. The maximum atomic E-state index is 11.9. The molecule has 0 fully saturated rings. The summed E-state index contributed by atoms with van der Waals surface area (Å²) >= 11 is 7.10. The van der Waals surface area contributed by atoms with Gasteiger partial charge in [-0.1, -0.05) is 35.5 Å². The number of nitrogens with two attached hydrogens (primary N) is 1. The van der Waals surface area contributed by atoms with Crippen LogP contribution in [0.15, 0.2) is 41.6 Å². The molecule has 2 aromatic rings.